The van der Waals surface area contributed by atoms with E-state index < -0.39 is 18.1 Å². The minimum Gasteiger partial charge on any atom is -0.361 e. The van der Waals surface area contributed by atoms with Crippen LogP contribution in [0.15, 0.2) is 95.4 Å². The van der Waals surface area contributed by atoms with Crippen LogP contribution in [0, 0.1) is 0 Å². The molecule has 1 aliphatic rings. The number of unbranched alkanes of at least 4 members (excludes halogenated alkanes) is 1. The van der Waals surface area contributed by atoms with Crippen molar-refractivity contribution in [3.05, 3.63) is 107 Å². The number of carbonyl (C=O) groups excluding carboxylic acids is 3. The van der Waals surface area contributed by atoms with Gasteiger partial charge in [-0.3, -0.25) is 19.4 Å². The van der Waals surface area contributed by atoms with Crippen molar-refractivity contribution in [2.75, 3.05) is 20.1 Å². The maximum atomic E-state index is 14.5. The second kappa shape index (κ2) is 19.2. The number of benzene rings is 2. The molecule has 0 fully saturated rings. The summed E-state index contributed by atoms with van der Waals surface area (Å²) >= 11 is 8.49. The Morgan fingerprint density at radius 1 is 0.855 bits per heavy atom. The summed E-state index contributed by atoms with van der Waals surface area (Å²) in [6.45, 7) is 1.32. The molecule has 5 aromatic rings. The third-order valence-electron chi connectivity index (χ3n) is 9.96. The number of nitrogens with two attached hydrogens (primary N) is 2. The van der Waals surface area contributed by atoms with Crippen LogP contribution >= 0.6 is 23.4 Å². The van der Waals surface area contributed by atoms with Gasteiger partial charge in [-0.1, -0.05) is 47.6 Å². The summed E-state index contributed by atoms with van der Waals surface area (Å²) in [6.07, 6.45) is 10.0. The standard InChI is InChI=1S/C41H48ClN9O3S/c1-51-36(22-29-24-47-33-10-3-2-9-31(29)33)39(53)49-25-30-20-28(26-13-18-45-19-14-26)21-32(42)37(30)55-40-27(8-7-17-46-40)23-48-34(12-6-16-44)38(52)50-35(41(51)54)11-4-5-15-43/h2-3,7-10,13-14,17-21,24,34-36,47-48H,4-6,11-12,15-16,22-23,25,43-44H2,1H3,(H,49,53)(H,50,52)/t34-,35-,36-/m0/s1. The minimum absolute atomic E-state index is 0.129. The molecule has 55 heavy (non-hydrogen) atoms. The molecule has 0 saturated heterocycles. The number of nitrogens with zero attached hydrogens (tertiary/aromatic N) is 3. The summed E-state index contributed by atoms with van der Waals surface area (Å²) < 4.78 is 0. The number of aromatic nitrogens is 3. The predicted octanol–water partition coefficient (Wildman–Crippen LogP) is 4.94. The van der Waals surface area contributed by atoms with E-state index in [0.717, 1.165) is 43.6 Å². The first-order valence-corrected chi connectivity index (χ1v) is 19.8. The zero-order valence-corrected chi connectivity index (χ0v) is 32.5. The lowest BCUT2D eigenvalue weighted by molar-refractivity contribution is -0.142. The molecule has 3 aromatic heterocycles. The van der Waals surface area contributed by atoms with Crippen LogP contribution in [-0.2, 0) is 33.9 Å². The average molecular weight is 782 g/mol. The molecule has 0 bridgehead atoms. The van der Waals surface area contributed by atoms with Gasteiger partial charge in [-0.15, -0.1) is 0 Å². The second-order valence-corrected chi connectivity index (χ2v) is 15.1. The van der Waals surface area contributed by atoms with E-state index >= 15 is 0 Å². The lowest BCUT2D eigenvalue weighted by Crippen LogP contribution is -2.57. The molecule has 288 valence electrons. The number of likely N-dealkylation sites (N-methyl/N-ethyl adjacent to an activating group) is 1. The van der Waals surface area contributed by atoms with Gasteiger partial charge in [-0.05, 0) is 109 Å². The summed E-state index contributed by atoms with van der Waals surface area (Å²) in [5.74, 6) is -1.02. The first-order valence-electron chi connectivity index (χ1n) is 18.6. The molecule has 8 N–H and O–H groups in total. The Hall–Kier alpha value is -4.79. The lowest BCUT2D eigenvalue weighted by Gasteiger charge is -2.32. The van der Waals surface area contributed by atoms with E-state index in [1.807, 2.05) is 66.9 Å². The van der Waals surface area contributed by atoms with Crippen molar-refractivity contribution in [1.82, 2.24) is 35.8 Å². The maximum absolute atomic E-state index is 14.5. The first kappa shape index (κ1) is 39.9. The molecule has 3 atom stereocenters. The van der Waals surface area contributed by atoms with E-state index in [2.05, 4.69) is 25.9 Å². The highest BCUT2D eigenvalue weighted by Crippen LogP contribution is 2.39. The minimum atomic E-state index is -0.917. The number of nitrogens with one attached hydrogen (secondary N) is 4. The van der Waals surface area contributed by atoms with Crippen molar-refractivity contribution in [1.29, 1.82) is 0 Å². The Balaban J connectivity index is 1.44. The molecule has 4 heterocycles. The number of fused-ring (bicyclic) bond motifs is 3. The van der Waals surface area contributed by atoms with E-state index in [0.29, 0.717) is 61.8 Å². The van der Waals surface area contributed by atoms with Crippen molar-refractivity contribution >= 4 is 52.0 Å². The van der Waals surface area contributed by atoms with Crippen molar-refractivity contribution in [2.45, 2.75) is 79.7 Å². The summed E-state index contributed by atoms with van der Waals surface area (Å²) in [6, 6.07) is 16.9. The largest absolute Gasteiger partial charge is 0.361 e. The average Bonchev–Trinajstić information content (AvgIpc) is 3.62. The summed E-state index contributed by atoms with van der Waals surface area (Å²) in [4.78, 5) is 57.5. The fraction of sp³-hybridized carbons (Fsp3) is 0.341. The summed E-state index contributed by atoms with van der Waals surface area (Å²) in [5, 5.41) is 11.8. The van der Waals surface area contributed by atoms with Gasteiger partial charge in [0, 0.05) is 67.1 Å². The van der Waals surface area contributed by atoms with Crippen LogP contribution in [0.4, 0.5) is 0 Å². The Labute approximate surface area is 330 Å². The number of H-pyrrole nitrogens is 1. The Morgan fingerprint density at radius 2 is 1.64 bits per heavy atom. The SMILES string of the molecule is CN1C(=O)[C@H](CCCCN)NC(=O)[C@H](CCCN)NCc2cccnc2Sc2c(Cl)cc(-c3ccncc3)cc2CNC(=O)[C@@H]1Cc1c[nH]c2ccccc12. The van der Waals surface area contributed by atoms with Gasteiger partial charge in [0.05, 0.1) is 11.1 Å². The molecule has 12 nitrogen and oxygen atoms in total. The van der Waals surface area contributed by atoms with Crippen molar-refractivity contribution < 1.29 is 14.4 Å². The van der Waals surface area contributed by atoms with Gasteiger partial charge < -0.3 is 37.3 Å². The zero-order valence-electron chi connectivity index (χ0n) is 30.9. The third kappa shape index (κ3) is 9.91. The van der Waals surface area contributed by atoms with E-state index in [9.17, 15) is 14.4 Å². The molecule has 2 aromatic carbocycles. The van der Waals surface area contributed by atoms with E-state index in [-0.39, 0.29) is 30.7 Å². The number of pyridine rings is 2. The topological polar surface area (TPSA) is 184 Å². The first-order chi connectivity index (χ1) is 26.8. The Kier molecular flexibility index (Phi) is 13.9. The summed E-state index contributed by atoms with van der Waals surface area (Å²) in [7, 11) is 1.63. The number of hydrogen-bond acceptors (Lipinski definition) is 9. The van der Waals surface area contributed by atoms with Gasteiger partial charge in [-0.25, -0.2) is 4.98 Å². The maximum Gasteiger partial charge on any atom is 0.245 e. The van der Waals surface area contributed by atoms with Crippen molar-refractivity contribution in [2.24, 2.45) is 11.5 Å². The molecule has 14 heteroatoms. The van der Waals surface area contributed by atoms with Crippen LogP contribution in [0.5, 0.6) is 0 Å². The van der Waals surface area contributed by atoms with Crippen LogP contribution in [0.3, 0.4) is 0 Å². The van der Waals surface area contributed by atoms with Crippen LogP contribution < -0.4 is 27.4 Å². The predicted molar refractivity (Wildman–Crippen MR) is 217 cm³/mol. The fourth-order valence-corrected chi connectivity index (χ4v) is 8.22. The normalized spacial score (nSPS) is 18.7. The van der Waals surface area contributed by atoms with E-state index in [1.165, 1.54) is 16.7 Å². The number of halogens is 1. The fourth-order valence-electron chi connectivity index (χ4n) is 6.87. The molecule has 3 amide bonds. The highest BCUT2D eigenvalue weighted by atomic mass is 35.5. The van der Waals surface area contributed by atoms with Gasteiger partial charge in [0.1, 0.15) is 17.1 Å². The molecule has 0 radical (unpaired) electrons. The Bertz CT molecular complexity index is 2100. The van der Waals surface area contributed by atoms with Gasteiger partial charge in [-0.2, -0.15) is 0 Å². The van der Waals surface area contributed by atoms with Crippen LogP contribution in [-0.4, -0.2) is 75.8 Å². The molecular formula is C41H48ClN9O3S. The number of hydrogen-bond donors (Lipinski definition) is 6. The quantitative estimate of drug-likeness (QED) is 0.107. The molecule has 0 saturated carbocycles. The molecule has 0 spiro atoms. The van der Waals surface area contributed by atoms with Crippen molar-refractivity contribution in [3.8, 4) is 11.1 Å². The molecular weight excluding hydrogens is 734 g/mol. The van der Waals surface area contributed by atoms with E-state index in [1.54, 1.807) is 25.6 Å². The molecule has 6 rings (SSSR count). The molecule has 1 aliphatic heterocycles. The van der Waals surface area contributed by atoms with Crippen molar-refractivity contribution in [3.63, 3.8) is 0 Å². The van der Waals surface area contributed by atoms with Gasteiger partial charge in [0.15, 0.2) is 0 Å². The summed E-state index contributed by atoms with van der Waals surface area (Å²) in [5.41, 5.74) is 17.0. The van der Waals surface area contributed by atoms with Gasteiger partial charge >= 0.3 is 0 Å². The van der Waals surface area contributed by atoms with Crippen LogP contribution in [0.2, 0.25) is 5.02 Å². The third-order valence-corrected chi connectivity index (χ3v) is 11.6. The second-order valence-electron chi connectivity index (χ2n) is 13.7. The highest BCUT2D eigenvalue weighted by Gasteiger charge is 2.34. The van der Waals surface area contributed by atoms with Gasteiger partial charge in [0.2, 0.25) is 17.7 Å². The van der Waals surface area contributed by atoms with Crippen LogP contribution in [0.1, 0.15) is 48.8 Å². The lowest BCUT2D eigenvalue weighted by atomic mass is 10.0. The molecule has 0 unspecified atom stereocenters. The Morgan fingerprint density at radius 3 is 2.44 bits per heavy atom. The molecule has 0 aliphatic carbocycles. The monoisotopic (exact) mass is 781 g/mol. The number of amides is 3. The zero-order chi connectivity index (χ0) is 38.7. The smallest absolute Gasteiger partial charge is 0.245 e. The number of carbonyl (C=O) groups is 3. The number of rotatable bonds is 10. The number of aromatic amines is 1. The van der Waals surface area contributed by atoms with Crippen LogP contribution in [0.25, 0.3) is 22.0 Å². The number of para-hydroxylation sites is 1. The van der Waals surface area contributed by atoms with Gasteiger partial charge in [0.25, 0.3) is 0 Å². The highest BCUT2D eigenvalue weighted by molar-refractivity contribution is 7.99. The van der Waals surface area contributed by atoms with E-state index in [4.69, 9.17) is 28.1 Å².